The molecule has 2 aromatic rings. The summed E-state index contributed by atoms with van der Waals surface area (Å²) >= 11 is 5.53. The Balaban J connectivity index is 2.27. The fourth-order valence-electron chi connectivity index (χ4n) is 1.91. The van der Waals surface area contributed by atoms with Crippen LogP contribution in [0.5, 0.6) is 0 Å². The Hall–Kier alpha value is -1.51. The van der Waals surface area contributed by atoms with Gasteiger partial charge in [0.05, 0.1) is 18.1 Å². The highest BCUT2D eigenvalue weighted by atomic mass is 35.5. The van der Waals surface area contributed by atoms with Crippen LogP contribution >= 0.6 is 11.6 Å². The van der Waals surface area contributed by atoms with E-state index in [1.807, 2.05) is 0 Å². The van der Waals surface area contributed by atoms with Crippen molar-refractivity contribution in [2.45, 2.75) is 31.7 Å². The van der Waals surface area contributed by atoms with Gasteiger partial charge in [-0.1, -0.05) is 5.16 Å². The summed E-state index contributed by atoms with van der Waals surface area (Å²) in [5.41, 5.74) is 1.36. The first kappa shape index (κ1) is 14.9. The van der Waals surface area contributed by atoms with Crippen LogP contribution in [0.15, 0.2) is 21.8 Å². The number of aromatic nitrogens is 3. The van der Waals surface area contributed by atoms with Gasteiger partial charge < -0.3 is 4.52 Å². The maximum absolute atomic E-state index is 12.2. The molecule has 1 unspecified atom stereocenters. The minimum Gasteiger partial charge on any atom is -0.361 e. The molecule has 0 amide bonds. The van der Waals surface area contributed by atoms with Gasteiger partial charge in [-0.2, -0.15) is 0 Å². The van der Waals surface area contributed by atoms with Crippen LogP contribution in [0.25, 0.3) is 0 Å². The topological polar surface area (TPSA) is 98.0 Å². The van der Waals surface area contributed by atoms with Gasteiger partial charge >= 0.3 is 0 Å². The highest BCUT2D eigenvalue weighted by molar-refractivity contribution is 7.89. The van der Waals surface area contributed by atoms with Crippen LogP contribution in [0.4, 0.5) is 0 Å². The molecule has 1 atom stereocenters. The predicted octanol–water partition coefficient (Wildman–Crippen LogP) is 1.77. The molecule has 9 heteroatoms. The third-order valence-corrected chi connectivity index (χ3v) is 4.45. The van der Waals surface area contributed by atoms with E-state index in [-0.39, 0.29) is 10.2 Å². The van der Waals surface area contributed by atoms with Gasteiger partial charge in [0.25, 0.3) is 0 Å². The number of rotatable bonds is 4. The molecule has 0 saturated heterocycles. The number of halogens is 1. The zero-order valence-corrected chi connectivity index (χ0v) is 12.7. The van der Waals surface area contributed by atoms with Crippen molar-refractivity contribution in [1.82, 2.24) is 19.8 Å². The van der Waals surface area contributed by atoms with Gasteiger partial charge in [0, 0.05) is 11.6 Å². The number of hydrogen-bond donors (Lipinski definition) is 1. The van der Waals surface area contributed by atoms with Crippen molar-refractivity contribution in [1.29, 1.82) is 0 Å². The standard InChI is InChI=1S/C11H13ClN4O3S/c1-6-10(8(3)19-15-6)7(2)16-20(17,18)9-4-13-11(12)14-5-9/h4-5,7,16H,1-3H3. The van der Waals surface area contributed by atoms with E-state index in [1.54, 1.807) is 20.8 Å². The van der Waals surface area contributed by atoms with E-state index >= 15 is 0 Å². The molecule has 0 bridgehead atoms. The van der Waals surface area contributed by atoms with E-state index in [0.29, 0.717) is 17.0 Å². The lowest BCUT2D eigenvalue weighted by atomic mass is 10.1. The molecule has 0 aromatic carbocycles. The molecule has 0 aliphatic rings. The first-order chi connectivity index (χ1) is 9.31. The minimum absolute atomic E-state index is 0.0114. The van der Waals surface area contributed by atoms with Gasteiger partial charge in [-0.3, -0.25) is 0 Å². The lowest BCUT2D eigenvalue weighted by Crippen LogP contribution is -2.27. The van der Waals surface area contributed by atoms with E-state index < -0.39 is 16.1 Å². The summed E-state index contributed by atoms with van der Waals surface area (Å²) in [6, 6.07) is -0.484. The second kappa shape index (κ2) is 5.47. The van der Waals surface area contributed by atoms with E-state index in [0.717, 1.165) is 12.4 Å². The maximum atomic E-state index is 12.2. The van der Waals surface area contributed by atoms with Crippen LogP contribution in [0.3, 0.4) is 0 Å². The number of nitrogens with one attached hydrogen (secondary N) is 1. The monoisotopic (exact) mass is 316 g/mol. The molecule has 1 N–H and O–H groups in total. The quantitative estimate of drug-likeness (QED) is 0.863. The molecule has 108 valence electrons. The number of nitrogens with zero attached hydrogens (tertiary/aromatic N) is 3. The van der Waals surface area contributed by atoms with Crippen LogP contribution in [0.2, 0.25) is 5.28 Å². The Labute approximate surface area is 121 Å². The summed E-state index contributed by atoms with van der Waals surface area (Å²) < 4.78 is 31.9. The molecule has 2 aromatic heterocycles. The lowest BCUT2D eigenvalue weighted by Gasteiger charge is -2.13. The molecule has 7 nitrogen and oxygen atoms in total. The number of hydrogen-bond acceptors (Lipinski definition) is 6. The lowest BCUT2D eigenvalue weighted by molar-refractivity contribution is 0.391. The minimum atomic E-state index is -3.74. The van der Waals surface area contributed by atoms with Gasteiger partial charge in [0.15, 0.2) is 0 Å². The summed E-state index contributed by atoms with van der Waals surface area (Å²) in [6.07, 6.45) is 2.30. The Morgan fingerprint density at radius 3 is 2.40 bits per heavy atom. The van der Waals surface area contributed by atoms with Gasteiger partial charge in [0.2, 0.25) is 15.3 Å². The first-order valence-corrected chi connectivity index (χ1v) is 7.60. The highest BCUT2D eigenvalue weighted by Gasteiger charge is 2.23. The molecule has 0 aliphatic heterocycles. The molecule has 0 saturated carbocycles. The zero-order chi connectivity index (χ0) is 14.9. The first-order valence-electron chi connectivity index (χ1n) is 5.74. The molecule has 2 rings (SSSR count). The molecule has 20 heavy (non-hydrogen) atoms. The second-order valence-electron chi connectivity index (χ2n) is 4.27. The fourth-order valence-corrected chi connectivity index (χ4v) is 3.11. The van der Waals surface area contributed by atoms with Crippen molar-refractivity contribution in [3.8, 4) is 0 Å². The SMILES string of the molecule is Cc1noc(C)c1C(C)NS(=O)(=O)c1cnc(Cl)nc1. The molecular weight excluding hydrogens is 304 g/mol. The van der Waals surface area contributed by atoms with Crippen molar-refractivity contribution in [3.05, 3.63) is 34.7 Å². The zero-order valence-electron chi connectivity index (χ0n) is 11.1. The normalized spacial score (nSPS) is 13.4. The Morgan fingerprint density at radius 2 is 1.90 bits per heavy atom. The maximum Gasteiger partial charge on any atom is 0.244 e. The van der Waals surface area contributed by atoms with Crippen molar-refractivity contribution < 1.29 is 12.9 Å². The largest absolute Gasteiger partial charge is 0.361 e. The highest BCUT2D eigenvalue weighted by Crippen LogP contribution is 2.22. The second-order valence-corrected chi connectivity index (χ2v) is 6.32. The van der Waals surface area contributed by atoms with E-state index in [9.17, 15) is 8.42 Å². The van der Waals surface area contributed by atoms with Gasteiger partial charge in [-0.05, 0) is 32.4 Å². The smallest absolute Gasteiger partial charge is 0.244 e. The van der Waals surface area contributed by atoms with Crippen molar-refractivity contribution >= 4 is 21.6 Å². The molecular formula is C11H13ClN4O3S. The summed E-state index contributed by atoms with van der Waals surface area (Å²) in [5, 5.41) is 3.79. The van der Waals surface area contributed by atoms with E-state index in [1.165, 1.54) is 0 Å². The van der Waals surface area contributed by atoms with Gasteiger partial charge in [-0.25, -0.2) is 23.1 Å². The van der Waals surface area contributed by atoms with Crippen LogP contribution < -0.4 is 4.72 Å². The van der Waals surface area contributed by atoms with Crippen LogP contribution in [0.1, 0.15) is 30.0 Å². The molecule has 0 fully saturated rings. The molecule has 0 radical (unpaired) electrons. The fraction of sp³-hybridized carbons (Fsp3) is 0.364. The summed E-state index contributed by atoms with van der Waals surface area (Å²) in [7, 11) is -3.74. The van der Waals surface area contributed by atoms with Gasteiger partial charge in [0.1, 0.15) is 10.7 Å². The molecule has 0 aliphatic carbocycles. The van der Waals surface area contributed by atoms with Crippen molar-refractivity contribution in [2.24, 2.45) is 0 Å². The Bertz CT molecular complexity index is 692. The molecule has 2 heterocycles. The van der Waals surface area contributed by atoms with Gasteiger partial charge in [-0.15, -0.1) is 0 Å². The predicted molar refractivity (Wildman–Crippen MR) is 71.8 cm³/mol. The summed E-state index contributed by atoms with van der Waals surface area (Å²) in [6.45, 7) is 5.19. The van der Waals surface area contributed by atoms with Crippen LogP contribution in [-0.4, -0.2) is 23.5 Å². The van der Waals surface area contributed by atoms with Crippen LogP contribution in [0, 0.1) is 13.8 Å². The average Bonchev–Trinajstić information content (AvgIpc) is 2.69. The molecule has 0 spiro atoms. The van der Waals surface area contributed by atoms with E-state index in [4.69, 9.17) is 16.1 Å². The summed E-state index contributed by atoms with van der Waals surface area (Å²) in [5.74, 6) is 0.574. The third kappa shape index (κ3) is 2.97. The van der Waals surface area contributed by atoms with Crippen molar-refractivity contribution in [3.63, 3.8) is 0 Å². The van der Waals surface area contributed by atoms with E-state index in [2.05, 4.69) is 19.8 Å². The van der Waals surface area contributed by atoms with Crippen molar-refractivity contribution in [2.75, 3.05) is 0 Å². The Morgan fingerprint density at radius 1 is 1.30 bits per heavy atom. The summed E-state index contributed by atoms with van der Waals surface area (Å²) in [4.78, 5) is 7.25. The average molecular weight is 317 g/mol. The number of aryl methyl sites for hydroxylation is 2. The Kier molecular flexibility index (Phi) is 4.07. The number of sulfonamides is 1. The van der Waals surface area contributed by atoms with Crippen LogP contribution in [-0.2, 0) is 10.0 Å². The third-order valence-electron chi connectivity index (χ3n) is 2.76.